The number of carbonyl (C=O) groups is 3. The Morgan fingerprint density at radius 3 is 2.38 bits per heavy atom. The molecule has 1 atom stereocenters. The summed E-state index contributed by atoms with van der Waals surface area (Å²) in [5, 5.41) is 13.3. The monoisotopic (exact) mass is 504 g/mol. The zero-order valence-corrected chi connectivity index (χ0v) is 22.2. The quantitative estimate of drug-likeness (QED) is 0.308. The van der Waals surface area contributed by atoms with Gasteiger partial charge in [-0.1, -0.05) is 77.1 Å². The van der Waals surface area contributed by atoms with Crippen LogP contribution < -0.4 is 5.32 Å². The number of nitrogens with zero attached hydrogens (tertiary/aromatic N) is 1. The largest absolute Gasteiger partial charge is 0.477 e. The molecule has 0 saturated heterocycles. The summed E-state index contributed by atoms with van der Waals surface area (Å²) in [6, 6.07) is 16.4. The third-order valence-electron chi connectivity index (χ3n) is 6.33. The van der Waals surface area contributed by atoms with Crippen LogP contribution in [0.1, 0.15) is 63.5 Å². The molecule has 0 aliphatic heterocycles. The van der Waals surface area contributed by atoms with E-state index in [4.69, 9.17) is 4.74 Å². The Morgan fingerprint density at radius 1 is 1.05 bits per heavy atom. The Hall–Kier alpha value is -3.87. The van der Waals surface area contributed by atoms with Gasteiger partial charge in [-0.2, -0.15) is 0 Å². The van der Waals surface area contributed by atoms with Gasteiger partial charge in [0.25, 0.3) is 0 Å². The highest BCUT2D eigenvalue weighted by Crippen LogP contribution is 2.29. The number of nitrogens with one attached hydrogen (secondary N) is 1. The highest BCUT2D eigenvalue weighted by Gasteiger charge is 2.27. The topological polar surface area (TPSA) is 97.6 Å². The lowest BCUT2D eigenvalue weighted by molar-refractivity contribution is -0.111. The Kier molecular flexibility index (Phi) is 8.58. The number of aromatic nitrogens is 1. The van der Waals surface area contributed by atoms with Crippen LogP contribution in [0.4, 0.5) is 4.79 Å². The maximum absolute atomic E-state index is 12.2. The van der Waals surface area contributed by atoms with Gasteiger partial charge in [0, 0.05) is 11.1 Å². The van der Waals surface area contributed by atoms with Crippen molar-refractivity contribution in [2.45, 2.75) is 53.5 Å². The van der Waals surface area contributed by atoms with E-state index in [1.54, 1.807) is 10.6 Å². The van der Waals surface area contributed by atoms with E-state index in [9.17, 15) is 19.5 Å². The molecule has 1 aromatic heterocycles. The predicted molar refractivity (Wildman–Crippen MR) is 146 cm³/mol. The van der Waals surface area contributed by atoms with Crippen LogP contribution in [-0.2, 0) is 9.53 Å². The molecule has 0 aliphatic rings. The minimum atomic E-state index is -0.984. The molecular weight excluding hydrogens is 468 g/mol. The summed E-state index contributed by atoms with van der Waals surface area (Å²) in [5.41, 5.74) is 2.11. The number of amides is 1. The molecule has 3 aromatic rings. The third kappa shape index (κ3) is 7.09. The molecule has 7 heteroatoms. The molecule has 0 aliphatic carbocycles. The van der Waals surface area contributed by atoms with Crippen LogP contribution in [0.5, 0.6) is 0 Å². The summed E-state index contributed by atoms with van der Waals surface area (Å²) >= 11 is 0. The SMILES string of the molecule is CC(C)(CC/C=C/c1cccc2c1cc(C(=O)O)n2-c1ccccc1)COC(=O)N[C@H](C=O)C(C)(C)C. The van der Waals surface area contributed by atoms with Crippen LogP contribution in [0.15, 0.2) is 60.7 Å². The van der Waals surface area contributed by atoms with Gasteiger partial charge in [0.2, 0.25) is 0 Å². The van der Waals surface area contributed by atoms with Crippen molar-refractivity contribution in [3.05, 3.63) is 71.9 Å². The summed E-state index contributed by atoms with van der Waals surface area (Å²) in [6.07, 6.45) is 5.71. The lowest BCUT2D eigenvalue weighted by Crippen LogP contribution is -2.45. The van der Waals surface area contributed by atoms with Gasteiger partial charge in [-0.05, 0) is 53.5 Å². The van der Waals surface area contributed by atoms with Crippen molar-refractivity contribution in [1.82, 2.24) is 9.88 Å². The van der Waals surface area contributed by atoms with Crippen LogP contribution >= 0.6 is 0 Å². The first-order valence-electron chi connectivity index (χ1n) is 12.4. The van der Waals surface area contributed by atoms with Gasteiger partial charge in [-0.3, -0.25) is 0 Å². The van der Waals surface area contributed by atoms with E-state index >= 15 is 0 Å². The number of carbonyl (C=O) groups excluding carboxylic acids is 2. The Balaban J connectivity index is 1.67. The van der Waals surface area contributed by atoms with Crippen molar-refractivity contribution >= 4 is 35.3 Å². The molecule has 1 amide bonds. The molecule has 1 heterocycles. The first kappa shape index (κ1) is 27.7. The molecule has 0 fully saturated rings. The van der Waals surface area contributed by atoms with Crippen molar-refractivity contribution in [1.29, 1.82) is 0 Å². The molecule has 2 N–H and O–H groups in total. The van der Waals surface area contributed by atoms with E-state index in [1.807, 2.05) is 89.2 Å². The fraction of sp³-hybridized carbons (Fsp3) is 0.367. The first-order valence-corrected chi connectivity index (χ1v) is 12.4. The van der Waals surface area contributed by atoms with Gasteiger partial charge in [0.1, 0.15) is 12.0 Å². The Morgan fingerprint density at radius 2 is 1.76 bits per heavy atom. The molecule has 0 radical (unpaired) electrons. The standard InChI is InChI=1S/C30H36N2O5/c1-29(2,3)26(19-33)31-28(36)37-20-30(4,5)17-10-9-12-21-13-11-16-24-23(21)18-25(27(34)35)32(24)22-14-7-6-8-15-22/h6-9,11-16,18-19,26H,10,17,20H2,1-5H3,(H,31,36)(H,34,35)/b12-9+/t26-/m1/s1. The van der Waals surface area contributed by atoms with E-state index < -0.39 is 23.5 Å². The van der Waals surface area contributed by atoms with Crippen LogP contribution in [0.25, 0.3) is 22.7 Å². The van der Waals surface area contributed by atoms with E-state index in [0.29, 0.717) is 0 Å². The van der Waals surface area contributed by atoms with E-state index in [1.165, 1.54) is 0 Å². The second kappa shape index (κ2) is 11.5. The van der Waals surface area contributed by atoms with Crippen LogP contribution in [0.3, 0.4) is 0 Å². The van der Waals surface area contributed by atoms with Crippen molar-refractivity contribution in [2.75, 3.05) is 6.61 Å². The summed E-state index contributed by atoms with van der Waals surface area (Å²) in [4.78, 5) is 35.4. The number of ether oxygens (including phenoxy) is 1. The summed E-state index contributed by atoms with van der Waals surface area (Å²) in [7, 11) is 0. The Bertz CT molecular complexity index is 1280. The third-order valence-corrected chi connectivity index (χ3v) is 6.33. The molecule has 0 bridgehead atoms. The summed E-state index contributed by atoms with van der Waals surface area (Å²) in [5.74, 6) is -0.984. The van der Waals surface area contributed by atoms with E-state index in [-0.39, 0.29) is 17.7 Å². The fourth-order valence-corrected chi connectivity index (χ4v) is 4.05. The molecule has 7 nitrogen and oxygen atoms in total. The highest BCUT2D eigenvalue weighted by molar-refractivity contribution is 5.99. The molecule has 0 saturated carbocycles. The molecule has 37 heavy (non-hydrogen) atoms. The minimum Gasteiger partial charge on any atom is -0.477 e. The second-order valence-corrected chi connectivity index (χ2v) is 11.1. The van der Waals surface area contributed by atoms with Crippen molar-refractivity contribution < 1.29 is 24.2 Å². The number of aromatic carboxylic acids is 1. The number of aldehydes is 1. The molecule has 2 aromatic carbocycles. The number of hydrogen-bond acceptors (Lipinski definition) is 4. The molecule has 0 spiro atoms. The minimum absolute atomic E-state index is 0.210. The number of hydrogen-bond donors (Lipinski definition) is 2. The highest BCUT2D eigenvalue weighted by atomic mass is 16.5. The van der Waals surface area contributed by atoms with Crippen LogP contribution in [0, 0.1) is 10.8 Å². The number of carboxylic acids is 1. The average Bonchev–Trinajstić information content (AvgIpc) is 3.24. The van der Waals surface area contributed by atoms with Gasteiger partial charge in [-0.15, -0.1) is 0 Å². The molecule has 196 valence electrons. The molecular formula is C30H36N2O5. The average molecular weight is 505 g/mol. The number of allylic oxidation sites excluding steroid dienone is 1. The Labute approximate surface area is 218 Å². The van der Waals surface area contributed by atoms with Gasteiger partial charge in [0.15, 0.2) is 0 Å². The zero-order chi connectivity index (χ0) is 27.2. The number of para-hydroxylation sites is 1. The first-order chi connectivity index (χ1) is 17.4. The summed E-state index contributed by atoms with van der Waals surface area (Å²) < 4.78 is 7.16. The van der Waals surface area contributed by atoms with Gasteiger partial charge < -0.3 is 24.5 Å². The van der Waals surface area contributed by atoms with Crippen molar-refractivity contribution in [3.8, 4) is 5.69 Å². The van der Waals surface area contributed by atoms with Crippen LogP contribution in [0.2, 0.25) is 0 Å². The zero-order valence-electron chi connectivity index (χ0n) is 22.2. The van der Waals surface area contributed by atoms with Crippen LogP contribution in [-0.4, -0.2) is 40.7 Å². The second-order valence-electron chi connectivity index (χ2n) is 11.1. The van der Waals surface area contributed by atoms with Gasteiger partial charge >= 0.3 is 12.1 Å². The van der Waals surface area contributed by atoms with Gasteiger partial charge in [-0.25, -0.2) is 9.59 Å². The number of carboxylic acid groups (broad SMARTS) is 1. The summed E-state index contributed by atoms with van der Waals surface area (Å²) in [6.45, 7) is 9.90. The van der Waals surface area contributed by atoms with Crippen molar-refractivity contribution in [2.24, 2.45) is 10.8 Å². The number of fused-ring (bicyclic) bond motifs is 1. The predicted octanol–water partition coefficient (Wildman–Crippen LogP) is 6.49. The maximum Gasteiger partial charge on any atom is 0.407 e. The lowest BCUT2D eigenvalue weighted by atomic mass is 9.88. The number of rotatable bonds is 10. The van der Waals surface area contributed by atoms with Gasteiger partial charge in [0.05, 0.1) is 18.2 Å². The maximum atomic E-state index is 12.2. The number of alkyl carbamates (subject to hydrolysis) is 1. The van der Waals surface area contributed by atoms with E-state index in [2.05, 4.69) is 11.4 Å². The number of benzene rings is 2. The smallest absolute Gasteiger partial charge is 0.407 e. The molecule has 3 rings (SSSR count). The van der Waals surface area contributed by atoms with E-state index in [0.717, 1.165) is 41.3 Å². The molecule has 0 unspecified atom stereocenters. The van der Waals surface area contributed by atoms with Crippen molar-refractivity contribution in [3.63, 3.8) is 0 Å². The fourth-order valence-electron chi connectivity index (χ4n) is 4.05. The lowest BCUT2D eigenvalue weighted by Gasteiger charge is -2.28. The normalized spacial score (nSPS) is 13.0.